The molecule has 2 aliphatic heterocycles. The first-order valence-corrected chi connectivity index (χ1v) is 12.4. The van der Waals surface area contributed by atoms with E-state index in [1.807, 2.05) is 25.5 Å². The van der Waals surface area contributed by atoms with Crippen LogP contribution in [0.15, 0.2) is 23.2 Å². The molecule has 0 aliphatic carbocycles. The molecule has 1 amide bonds. The molecule has 10 heteroatoms. The summed E-state index contributed by atoms with van der Waals surface area (Å²) >= 11 is 1.35. The molecule has 0 saturated carbocycles. The maximum Gasteiger partial charge on any atom is 0.416 e. The molecule has 2 aromatic rings. The number of benzene rings is 1. The minimum atomic E-state index is -4.57. The molecule has 0 N–H and O–H groups in total. The number of rotatable bonds is 6. The third-order valence-electron chi connectivity index (χ3n) is 6.64. The Morgan fingerprint density at radius 3 is 2.71 bits per heavy atom. The standard InChI is InChI=1S/C24H30F3N3O3S/c1-15-16(2)34-23(30(15)13-19-7-5-11-32-19)28-22(31)20-12-17(24(25,26)27)8-9-21(20)33-14-18-6-4-10-29(18)3/h8-9,12,18-19H,4-7,10-11,13-14H2,1-3H3/b28-23-/t18-,19+/m0/s1. The fourth-order valence-electron chi connectivity index (χ4n) is 4.41. The summed E-state index contributed by atoms with van der Waals surface area (Å²) in [5.41, 5.74) is -0.109. The molecule has 2 atom stereocenters. The third kappa shape index (κ3) is 5.55. The van der Waals surface area contributed by atoms with Gasteiger partial charge in [0.2, 0.25) is 0 Å². The summed E-state index contributed by atoms with van der Waals surface area (Å²) in [4.78, 5) is 21.1. The molecule has 6 nitrogen and oxygen atoms in total. The number of amides is 1. The van der Waals surface area contributed by atoms with Crippen LogP contribution < -0.4 is 9.54 Å². The van der Waals surface area contributed by atoms with Crippen molar-refractivity contribution in [3.63, 3.8) is 0 Å². The molecule has 2 fully saturated rings. The molecule has 0 radical (unpaired) electrons. The fourth-order valence-corrected chi connectivity index (χ4v) is 5.39. The fraction of sp³-hybridized carbons (Fsp3) is 0.583. The highest BCUT2D eigenvalue weighted by Gasteiger charge is 2.32. The van der Waals surface area contributed by atoms with Gasteiger partial charge in [-0.3, -0.25) is 4.79 Å². The van der Waals surface area contributed by atoms with Gasteiger partial charge in [0.05, 0.1) is 23.8 Å². The van der Waals surface area contributed by atoms with Gasteiger partial charge in [-0.25, -0.2) is 0 Å². The quantitative estimate of drug-likeness (QED) is 0.587. The number of aryl methyl sites for hydroxylation is 1. The van der Waals surface area contributed by atoms with E-state index in [0.717, 1.165) is 54.9 Å². The SMILES string of the molecule is Cc1s/c(=N\C(=O)c2cc(C(F)(F)F)ccc2OC[C@@H]2CCCN2C)n(C[C@H]2CCCO2)c1C. The molecule has 1 aromatic heterocycles. The van der Waals surface area contributed by atoms with E-state index < -0.39 is 17.6 Å². The van der Waals surface area contributed by atoms with Crippen LogP contribution in [0.4, 0.5) is 13.2 Å². The van der Waals surface area contributed by atoms with Crippen LogP contribution in [-0.4, -0.2) is 54.3 Å². The number of halogens is 3. The van der Waals surface area contributed by atoms with Crippen molar-refractivity contribution in [1.29, 1.82) is 0 Å². The zero-order chi connectivity index (χ0) is 24.5. The van der Waals surface area contributed by atoms with E-state index in [4.69, 9.17) is 9.47 Å². The maximum absolute atomic E-state index is 13.4. The van der Waals surface area contributed by atoms with E-state index in [2.05, 4.69) is 9.89 Å². The number of alkyl halides is 3. The lowest BCUT2D eigenvalue weighted by molar-refractivity contribution is -0.137. The number of aromatic nitrogens is 1. The average Bonchev–Trinajstić information content (AvgIpc) is 3.50. The largest absolute Gasteiger partial charge is 0.491 e. The van der Waals surface area contributed by atoms with Crippen LogP contribution in [0.3, 0.4) is 0 Å². The summed E-state index contributed by atoms with van der Waals surface area (Å²) in [7, 11) is 1.99. The van der Waals surface area contributed by atoms with Gasteiger partial charge in [0.1, 0.15) is 12.4 Å². The molecule has 3 heterocycles. The lowest BCUT2D eigenvalue weighted by Gasteiger charge is -2.20. The molecule has 2 aliphatic rings. The summed E-state index contributed by atoms with van der Waals surface area (Å²) in [5.74, 6) is -0.624. The van der Waals surface area contributed by atoms with Crippen molar-refractivity contribution in [2.75, 3.05) is 26.8 Å². The molecular formula is C24H30F3N3O3S. The normalized spacial score (nSPS) is 22.0. The number of carbonyl (C=O) groups excluding carboxylic acids is 1. The zero-order valence-corrected chi connectivity index (χ0v) is 20.5. The van der Waals surface area contributed by atoms with Gasteiger partial charge in [-0.15, -0.1) is 11.3 Å². The number of thiazole rings is 1. The summed E-state index contributed by atoms with van der Waals surface area (Å²) in [5, 5.41) is 0. The topological polar surface area (TPSA) is 56.1 Å². The van der Waals surface area contributed by atoms with E-state index >= 15 is 0 Å². The summed E-state index contributed by atoms with van der Waals surface area (Å²) < 4.78 is 53.8. The number of nitrogens with zero attached hydrogens (tertiary/aromatic N) is 3. The van der Waals surface area contributed by atoms with Crippen molar-refractivity contribution in [1.82, 2.24) is 9.47 Å². The van der Waals surface area contributed by atoms with Crippen molar-refractivity contribution >= 4 is 17.2 Å². The Bertz CT molecular complexity index is 1100. The second-order valence-electron chi connectivity index (χ2n) is 8.99. The Hall–Kier alpha value is -2.17. The van der Waals surface area contributed by atoms with Crippen molar-refractivity contribution in [3.05, 3.63) is 44.7 Å². The van der Waals surface area contributed by atoms with Crippen LogP contribution in [0.1, 0.15) is 52.2 Å². The highest BCUT2D eigenvalue weighted by molar-refractivity contribution is 7.09. The van der Waals surface area contributed by atoms with Gasteiger partial charge in [0.25, 0.3) is 5.91 Å². The predicted molar refractivity (Wildman–Crippen MR) is 123 cm³/mol. The minimum absolute atomic E-state index is 0.0394. The van der Waals surface area contributed by atoms with E-state index in [-0.39, 0.29) is 23.5 Å². The Morgan fingerprint density at radius 2 is 2.06 bits per heavy atom. The van der Waals surface area contributed by atoms with E-state index in [1.165, 1.54) is 17.4 Å². The van der Waals surface area contributed by atoms with Crippen molar-refractivity contribution in [3.8, 4) is 5.75 Å². The summed E-state index contributed by atoms with van der Waals surface area (Å²) in [6, 6.07) is 3.18. The molecule has 34 heavy (non-hydrogen) atoms. The van der Waals surface area contributed by atoms with Gasteiger partial charge in [-0.05, 0) is 71.3 Å². The van der Waals surface area contributed by atoms with Crippen LogP contribution in [-0.2, 0) is 17.5 Å². The van der Waals surface area contributed by atoms with E-state index in [9.17, 15) is 18.0 Å². The lowest BCUT2D eigenvalue weighted by atomic mass is 10.1. The molecular weight excluding hydrogens is 467 g/mol. The number of carbonyl (C=O) groups is 1. The molecule has 0 unspecified atom stereocenters. The predicted octanol–water partition coefficient (Wildman–Crippen LogP) is 4.58. The molecule has 1 aromatic carbocycles. The highest BCUT2D eigenvalue weighted by Crippen LogP contribution is 2.33. The van der Waals surface area contributed by atoms with Gasteiger partial charge in [0.15, 0.2) is 4.80 Å². The van der Waals surface area contributed by atoms with Gasteiger partial charge in [-0.1, -0.05) is 0 Å². The first-order chi connectivity index (χ1) is 16.1. The molecule has 4 rings (SSSR count). The Morgan fingerprint density at radius 1 is 1.26 bits per heavy atom. The second kappa shape index (κ2) is 10.2. The monoisotopic (exact) mass is 497 g/mol. The van der Waals surface area contributed by atoms with Gasteiger partial charge < -0.3 is 18.9 Å². The number of hydrogen-bond acceptors (Lipinski definition) is 5. The van der Waals surface area contributed by atoms with Gasteiger partial charge in [0, 0.05) is 23.2 Å². The number of likely N-dealkylation sites (N-methyl/N-ethyl adjacent to an activating group) is 1. The Kier molecular flexibility index (Phi) is 7.49. The number of ether oxygens (including phenoxy) is 2. The second-order valence-corrected chi connectivity index (χ2v) is 10.2. The maximum atomic E-state index is 13.4. The minimum Gasteiger partial charge on any atom is -0.491 e. The van der Waals surface area contributed by atoms with Crippen molar-refractivity contribution in [2.45, 2.75) is 64.4 Å². The average molecular weight is 498 g/mol. The van der Waals surface area contributed by atoms with E-state index in [0.29, 0.717) is 24.6 Å². The zero-order valence-electron chi connectivity index (χ0n) is 19.7. The number of likely N-dealkylation sites (tertiary alicyclic amines) is 1. The Labute approximate surface area is 201 Å². The smallest absolute Gasteiger partial charge is 0.416 e. The van der Waals surface area contributed by atoms with Crippen molar-refractivity contribution < 1.29 is 27.4 Å². The van der Waals surface area contributed by atoms with Crippen LogP contribution in [0.2, 0.25) is 0 Å². The first kappa shape index (κ1) is 24.9. The highest BCUT2D eigenvalue weighted by atomic mass is 32.1. The Balaban J connectivity index is 1.67. The summed E-state index contributed by atoms with van der Waals surface area (Å²) in [6.07, 6.45) is -0.634. The molecule has 0 bridgehead atoms. The number of hydrogen-bond donors (Lipinski definition) is 0. The molecule has 2 saturated heterocycles. The summed E-state index contributed by atoms with van der Waals surface area (Å²) in [6.45, 7) is 6.40. The first-order valence-electron chi connectivity index (χ1n) is 11.5. The van der Waals surface area contributed by atoms with Crippen molar-refractivity contribution in [2.24, 2.45) is 4.99 Å². The molecule has 186 valence electrons. The van der Waals surface area contributed by atoms with Crippen LogP contribution in [0.5, 0.6) is 5.75 Å². The van der Waals surface area contributed by atoms with Gasteiger partial charge >= 0.3 is 6.18 Å². The van der Waals surface area contributed by atoms with Gasteiger partial charge in [-0.2, -0.15) is 18.2 Å². The van der Waals surface area contributed by atoms with Crippen LogP contribution >= 0.6 is 11.3 Å². The molecule has 0 spiro atoms. The van der Waals surface area contributed by atoms with E-state index in [1.54, 1.807) is 0 Å². The van der Waals surface area contributed by atoms with Crippen LogP contribution in [0, 0.1) is 13.8 Å². The lowest BCUT2D eigenvalue weighted by Crippen LogP contribution is -2.31. The van der Waals surface area contributed by atoms with Crippen LogP contribution in [0.25, 0.3) is 0 Å². The third-order valence-corrected chi connectivity index (χ3v) is 7.73.